The molecule has 4 atom stereocenters. The fourth-order valence-corrected chi connectivity index (χ4v) is 6.65. The number of fused-ring (bicyclic) bond motifs is 6. The molecule has 222 valence electrons. The predicted octanol–water partition coefficient (Wildman–Crippen LogP) is 4.99. The van der Waals surface area contributed by atoms with E-state index in [0.29, 0.717) is 19.4 Å². The van der Waals surface area contributed by atoms with E-state index < -0.39 is 17.9 Å². The molecule has 3 unspecified atom stereocenters. The van der Waals surface area contributed by atoms with Gasteiger partial charge in [0.2, 0.25) is 11.8 Å². The van der Waals surface area contributed by atoms with E-state index in [1.54, 1.807) is 13.2 Å². The van der Waals surface area contributed by atoms with Crippen molar-refractivity contribution in [1.29, 1.82) is 0 Å². The quantitative estimate of drug-likeness (QED) is 0.417. The van der Waals surface area contributed by atoms with Crippen molar-refractivity contribution in [2.45, 2.75) is 97.2 Å². The Labute approximate surface area is 242 Å². The van der Waals surface area contributed by atoms with Gasteiger partial charge in [0.05, 0.1) is 25.3 Å². The summed E-state index contributed by atoms with van der Waals surface area (Å²) < 4.78 is 7.70. The molecule has 41 heavy (non-hydrogen) atoms. The topological polar surface area (TPSA) is 93.5 Å². The number of hydrogen-bond donors (Lipinski definition) is 1. The van der Waals surface area contributed by atoms with E-state index in [-0.39, 0.29) is 30.5 Å². The summed E-state index contributed by atoms with van der Waals surface area (Å²) in [5, 5.41) is 9.22. The molecule has 6 rings (SSSR count). The molecule has 1 aromatic heterocycles. The number of aliphatic hydroxyl groups is 1. The summed E-state index contributed by atoms with van der Waals surface area (Å²) in [6.07, 6.45) is 5.91. The standard InChI is InChI=1S/C27H33N3O5.C5H10O/c1-15(2)11-23-30-20-12-16(33-5)8-9-17(20)18-13-21-25(31)28-10-6-7-19(28)26(32)29(21)22(24(18)30)14-27(3,4)35-34-23;1-5(2)3-4-6/h8-9,11-12,19,21-23H,6-7,10,13-14H2,1-5H3;3,6H,4H2,1-2H3/t19?,21?,22-,23?;/m0./s1. The number of methoxy groups -OCH3 is 1. The second kappa shape index (κ2) is 11.3. The Morgan fingerprint density at radius 3 is 2.49 bits per heavy atom. The van der Waals surface area contributed by atoms with Gasteiger partial charge in [-0.05, 0) is 78.2 Å². The summed E-state index contributed by atoms with van der Waals surface area (Å²) in [6, 6.07) is 4.88. The molecule has 2 fully saturated rings. The number of nitrogens with zero attached hydrogens (tertiary/aromatic N) is 3. The van der Waals surface area contributed by atoms with Gasteiger partial charge in [-0.1, -0.05) is 17.2 Å². The molecule has 2 saturated heterocycles. The second-order valence-corrected chi connectivity index (χ2v) is 12.5. The van der Waals surface area contributed by atoms with Gasteiger partial charge in [-0.3, -0.25) is 9.59 Å². The van der Waals surface area contributed by atoms with E-state index in [9.17, 15) is 9.59 Å². The highest BCUT2D eigenvalue weighted by Gasteiger charge is 2.55. The average Bonchev–Trinajstić information content (AvgIpc) is 3.52. The highest BCUT2D eigenvalue weighted by molar-refractivity contribution is 5.99. The lowest BCUT2D eigenvalue weighted by atomic mass is 9.83. The SMILES string of the molecule is CC(C)=CCO.COc1ccc2c3c4n(c2c1)C(C=C(C)C)OOC(C)(C)C[C@@H]4N1C(=O)C2CCCN2C(=O)C1C3. The largest absolute Gasteiger partial charge is 0.497 e. The minimum absolute atomic E-state index is 0.0631. The molecule has 0 aliphatic carbocycles. The summed E-state index contributed by atoms with van der Waals surface area (Å²) in [5.74, 6) is 0.878. The zero-order valence-electron chi connectivity index (χ0n) is 25.3. The molecule has 9 nitrogen and oxygen atoms in total. The smallest absolute Gasteiger partial charge is 0.246 e. The van der Waals surface area contributed by atoms with Crippen LogP contribution < -0.4 is 4.74 Å². The number of aromatic nitrogens is 1. The van der Waals surface area contributed by atoms with Crippen molar-refractivity contribution in [2.75, 3.05) is 20.3 Å². The van der Waals surface area contributed by atoms with Crippen LogP contribution in [0.5, 0.6) is 5.75 Å². The molecule has 2 amide bonds. The summed E-state index contributed by atoms with van der Waals surface area (Å²) in [7, 11) is 1.65. The van der Waals surface area contributed by atoms with E-state index in [2.05, 4.69) is 10.6 Å². The molecule has 4 aliphatic heterocycles. The normalized spacial score (nSPS) is 26.1. The fraction of sp³-hybridized carbons (Fsp3) is 0.562. The Hall–Kier alpha value is -3.14. The number of hydrogen-bond acceptors (Lipinski definition) is 6. The predicted molar refractivity (Wildman–Crippen MR) is 156 cm³/mol. The number of amides is 2. The van der Waals surface area contributed by atoms with Crippen molar-refractivity contribution < 1.29 is 29.2 Å². The van der Waals surface area contributed by atoms with E-state index >= 15 is 0 Å². The third kappa shape index (κ3) is 5.31. The molecule has 0 saturated carbocycles. The summed E-state index contributed by atoms with van der Waals surface area (Å²) >= 11 is 0. The molecule has 0 bridgehead atoms. The van der Waals surface area contributed by atoms with E-state index in [0.717, 1.165) is 51.9 Å². The average molecular weight is 566 g/mol. The Bertz CT molecular complexity index is 1400. The van der Waals surface area contributed by atoms with Crippen LogP contribution in [0.15, 0.2) is 41.5 Å². The summed E-state index contributed by atoms with van der Waals surface area (Å²) in [5.41, 5.74) is 4.69. The van der Waals surface area contributed by atoms with Crippen molar-refractivity contribution in [2.24, 2.45) is 0 Å². The molecule has 0 radical (unpaired) electrons. The van der Waals surface area contributed by atoms with E-state index in [1.165, 1.54) is 0 Å². The van der Waals surface area contributed by atoms with Gasteiger partial charge < -0.3 is 24.2 Å². The second-order valence-electron chi connectivity index (χ2n) is 12.5. The number of allylic oxidation sites excluding steroid dienone is 2. The molecule has 0 spiro atoms. The van der Waals surface area contributed by atoms with E-state index in [4.69, 9.17) is 19.6 Å². The van der Waals surface area contributed by atoms with Crippen LogP contribution >= 0.6 is 0 Å². The molecule has 5 heterocycles. The first kappa shape index (κ1) is 29.4. The van der Waals surface area contributed by atoms with Crippen molar-refractivity contribution in [3.63, 3.8) is 0 Å². The third-order valence-electron chi connectivity index (χ3n) is 8.39. The van der Waals surface area contributed by atoms with Crippen LogP contribution in [0.2, 0.25) is 0 Å². The Morgan fingerprint density at radius 2 is 1.85 bits per heavy atom. The lowest BCUT2D eigenvalue weighted by Gasteiger charge is -2.50. The number of rotatable bonds is 3. The van der Waals surface area contributed by atoms with Crippen molar-refractivity contribution in [1.82, 2.24) is 14.4 Å². The van der Waals surface area contributed by atoms with Gasteiger partial charge >= 0.3 is 0 Å². The molecule has 1 N–H and O–H groups in total. The number of ether oxygens (including phenoxy) is 1. The van der Waals surface area contributed by atoms with Crippen LogP contribution in [-0.2, 0) is 25.8 Å². The summed E-state index contributed by atoms with van der Waals surface area (Å²) in [4.78, 5) is 43.4. The van der Waals surface area contributed by atoms with Gasteiger partial charge in [0.25, 0.3) is 0 Å². The third-order valence-corrected chi connectivity index (χ3v) is 8.39. The van der Waals surface area contributed by atoms with Crippen LogP contribution in [-0.4, -0.2) is 69.2 Å². The minimum atomic E-state index is -0.660. The lowest BCUT2D eigenvalue weighted by Crippen LogP contribution is -2.66. The number of carbonyl (C=O) groups excluding carboxylic acids is 2. The van der Waals surface area contributed by atoms with E-state index in [1.807, 2.05) is 69.6 Å². The molecular weight excluding hydrogens is 522 g/mol. The van der Waals surface area contributed by atoms with Crippen LogP contribution in [0, 0.1) is 0 Å². The highest BCUT2D eigenvalue weighted by Crippen LogP contribution is 2.49. The van der Waals surface area contributed by atoms with Gasteiger partial charge in [-0.15, -0.1) is 0 Å². The zero-order valence-corrected chi connectivity index (χ0v) is 25.3. The van der Waals surface area contributed by atoms with Gasteiger partial charge in [0.15, 0.2) is 6.23 Å². The Balaban J connectivity index is 0.000000511. The van der Waals surface area contributed by atoms with Crippen molar-refractivity contribution >= 4 is 22.7 Å². The Kier molecular flexibility index (Phi) is 8.07. The monoisotopic (exact) mass is 565 g/mol. The van der Waals surface area contributed by atoms with Crippen molar-refractivity contribution in [3.8, 4) is 5.75 Å². The number of carbonyl (C=O) groups is 2. The maximum absolute atomic E-state index is 13.9. The Morgan fingerprint density at radius 1 is 1.10 bits per heavy atom. The first-order valence-electron chi connectivity index (χ1n) is 14.5. The van der Waals surface area contributed by atoms with Gasteiger partial charge in [0, 0.05) is 36.5 Å². The van der Waals surface area contributed by atoms with Crippen LogP contribution in [0.4, 0.5) is 0 Å². The van der Waals surface area contributed by atoms with Gasteiger partial charge in [0.1, 0.15) is 23.4 Å². The molecule has 9 heteroatoms. The zero-order chi connectivity index (χ0) is 29.6. The van der Waals surface area contributed by atoms with Crippen LogP contribution in [0.25, 0.3) is 10.9 Å². The minimum Gasteiger partial charge on any atom is -0.497 e. The first-order valence-corrected chi connectivity index (χ1v) is 14.5. The number of piperazine rings is 1. The molecule has 2 aromatic rings. The fourth-order valence-electron chi connectivity index (χ4n) is 6.65. The summed E-state index contributed by atoms with van der Waals surface area (Å²) in [6.45, 7) is 12.8. The van der Waals surface area contributed by atoms with Crippen LogP contribution in [0.3, 0.4) is 0 Å². The maximum Gasteiger partial charge on any atom is 0.246 e. The molecule has 4 aliphatic rings. The van der Waals surface area contributed by atoms with Gasteiger partial charge in [-0.25, -0.2) is 9.78 Å². The lowest BCUT2D eigenvalue weighted by molar-refractivity contribution is -0.389. The van der Waals surface area contributed by atoms with Gasteiger partial charge in [-0.2, -0.15) is 0 Å². The highest BCUT2D eigenvalue weighted by atomic mass is 17.2. The number of benzene rings is 1. The molecular formula is C32H43N3O6. The maximum atomic E-state index is 13.9. The van der Waals surface area contributed by atoms with Crippen LogP contribution in [0.1, 0.15) is 84.3 Å². The number of aliphatic hydroxyl groups excluding tert-OH is 1. The molecule has 1 aromatic carbocycles. The van der Waals surface area contributed by atoms with Crippen molar-refractivity contribution in [3.05, 3.63) is 52.8 Å². The first-order chi connectivity index (χ1) is 19.5.